The molecule has 0 aromatic rings. The van der Waals surface area contributed by atoms with E-state index in [1.807, 2.05) is 27.7 Å². The van der Waals surface area contributed by atoms with Gasteiger partial charge in [0.25, 0.3) is 0 Å². The summed E-state index contributed by atoms with van der Waals surface area (Å²) >= 11 is 0. The molecule has 1 aliphatic rings. The van der Waals surface area contributed by atoms with Gasteiger partial charge in [0.1, 0.15) is 12.7 Å². The highest BCUT2D eigenvalue weighted by Crippen LogP contribution is 2.28. The molecule has 0 radical (unpaired) electrons. The fourth-order valence-corrected chi connectivity index (χ4v) is 1.97. The zero-order valence-corrected chi connectivity index (χ0v) is 12.4. The van der Waals surface area contributed by atoms with Gasteiger partial charge < -0.3 is 19.7 Å². The summed E-state index contributed by atoms with van der Waals surface area (Å²) in [6, 6.07) is 0. The van der Waals surface area contributed by atoms with E-state index in [0.717, 1.165) is 0 Å². The van der Waals surface area contributed by atoms with Gasteiger partial charge in [0.15, 0.2) is 12.1 Å². The second kappa shape index (κ2) is 6.31. The van der Waals surface area contributed by atoms with Crippen LogP contribution in [-0.4, -0.2) is 47.2 Å². The van der Waals surface area contributed by atoms with Crippen molar-refractivity contribution in [3.05, 3.63) is 0 Å². The Kier molecular flexibility index (Phi) is 5.50. The standard InChI is InChI=1S/C14H26O5/c1-6-9-12(17)11(16)8(2)13(19-9)18-7-10(15)14(3,4)5/h8-9,11-13,16-17H,6-7H2,1-5H3/t8-,9-,11-,12+,13-/m1/s1. The van der Waals surface area contributed by atoms with E-state index in [-0.39, 0.29) is 18.3 Å². The third-order valence-electron chi connectivity index (χ3n) is 3.63. The predicted octanol–water partition coefficient (Wildman–Crippen LogP) is 1.11. The summed E-state index contributed by atoms with van der Waals surface area (Å²) in [5.74, 6) is -0.387. The Morgan fingerprint density at radius 2 is 1.84 bits per heavy atom. The molecular formula is C14H26O5. The minimum absolute atomic E-state index is 0.0167. The monoisotopic (exact) mass is 274 g/mol. The average Bonchev–Trinajstić information content (AvgIpc) is 2.33. The normalized spacial score (nSPS) is 36.3. The highest BCUT2D eigenvalue weighted by molar-refractivity contribution is 5.84. The second-order valence-electron chi connectivity index (χ2n) is 6.28. The fourth-order valence-electron chi connectivity index (χ4n) is 1.97. The topological polar surface area (TPSA) is 76.0 Å². The molecule has 19 heavy (non-hydrogen) atoms. The largest absolute Gasteiger partial charge is 0.390 e. The van der Waals surface area contributed by atoms with Crippen LogP contribution in [0.3, 0.4) is 0 Å². The molecule has 1 saturated heterocycles. The van der Waals surface area contributed by atoms with Crippen LogP contribution in [0.2, 0.25) is 0 Å². The van der Waals surface area contributed by atoms with Crippen molar-refractivity contribution in [2.45, 2.75) is 65.6 Å². The molecule has 0 amide bonds. The van der Waals surface area contributed by atoms with Gasteiger partial charge >= 0.3 is 0 Å². The van der Waals surface area contributed by atoms with Crippen LogP contribution in [0.4, 0.5) is 0 Å². The van der Waals surface area contributed by atoms with Crippen molar-refractivity contribution in [3.8, 4) is 0 Å². The summed E-state index contributed by atoms with van der Waals surface area (Å²) in [6.07, 6.45) is -2.33. The van der Waals surface area contributed by atoms with Gasteiger partial charge in [-0.2, -0.15) is 0 Å². The zero-order chi connectivity index (χ0) is 14.8. The highest BCUT2D eigenvalue weighted by atomic mass is 16.7. The first-order valence-corrected chi connectivity index (χ1v) is 6.85. The molecule has 1 heterocycles. The molecule has 2 N–H and O–H groups in total. The first-order valence-electron chi connectivity index (χ1n) is 6.85. The molecule has 0 bridgehead atoms. The SMILES string of the molecule is CC[C@H]1O[C@@H](OCC(=O)C(C)(C)C)[C@H](C)[C@@H](O)[C@H]1O. The number of ether oxygens (including phenoxy) is 2. The third kappa shape index (κ3) is 3.99. The van der Waals surface area contributed by atoms with Crippen LogP contribution in [0.1, 0.15) is 41.0 Å². The van der Waals surface area contributed by atoms with Crippen LogP contribution >= 0.6 is 0 Å². The third-order valence-corrected chi connectivity index (χ3v) is 3.63. The van der Waals surface area contributed by atoms with Gasteiger partial charge in [-0.15, -0.1) is 0 Å². The first kappa shape index (κ1) is 16.6. The molecule has 5 heteroatoms. The van der Waals surface area contributed by atoms with E-state index in [9.17, 15) is 15.0 Å². The Labute approximate surface area is 114 Å². The van der Waals surface area contributed by atoms with E-state index in [1.54, 1.807) is 6.92 Å². The number of ketones is 1. The van der Waals surface area contributed by atoms with E-state index >= 15 is 0 Å². The summed E-state index contributed by atoms with van der Waals surface area (Å²) in [7, 11) is 0. The molecule has 0 aromatic heterocycles. The molecule has 112 valence electrons. The van der Waals surface area contributed by atoms with Crippen LogP contribution in [0.15, 0.2) is 0 Å². The molecular weight excluding hydrogens is 248 g/mol. The number of carbonyl (C=O) groups excluding carboxylic acids is 1. The maximum absolute atomic E-state index is 11.8. The zero-order valence-electron chi connectivity index (χ0n) is 12.4. The molecule has 0 spiro atoms. The summed E-state index contributed by atoms with van der Waals surface area (Å²) in [5.41, 5.74) is -0.458. The lowest BCUT2D eigenvalue weighted by molar-refractivity contribution is -0.275. The molecule has 0 saturated carbocycles. The minimum Gasteiger partial charge on any atom is -0.390 e. The highest BCUT2D eigenvalue weighted by Gasteiger charge is 2.42. The van der Waals surface area contributed by atoms with Crippen molar-refractivity contribution in [3.63, 3.8) is 0 Å². The van der Waals surface area contributed by atoms with Gasteiger partial charge in [-0.1, -0.05) is 34.6 Å². The molecule has 0 aliphatic carbocycles. The Morgan fingerprint density at radius 3 is 2.32 bits per heavy atom. The fraction of sp³-hybridized carbons (Fsp3) is 0.929. The molecule has 5 atom stereocenters. The number of rotatable bonds is 4. The minimum atomic E-state index is -0.904. The molecule has 1 fully saturated rings. The number of hydrogen-bond donors (Lipinski definition) is 2. The quantitative estimate of drug-likeness (QED) is 0.803. The van der Waals surface area contributed by atoms with E-state index in [0.29, 0.717) is 6.42 Å². The van der Waals surface area contributed by atoms with Crippen molar-refractivity contribution in [2.24, 2.45) is 11.3 Å². The van der Waals surface area contributed by atoms with Gasteiger partial charge in [0, 0.05) is 11.3 Å². The van der Waals surface area contributed by atoms with Crippen molar-refractivity contribution in [2.75, 3.05) is 6.61 Å². The van der Waals surface area contributed by atoms with Gasteiger partial charge in [-0.3, -0.25) is 4.79 Å². The number of carbonyl (C=O) groups is 1. The molecule has 0 unspecified atom stereocenters. The predicted molar refractivity (Wildman–Crippen MR) is 70.5 cm³/mol. The van der Waals surface area contributed by atoms with Crippen LogP contribution in [0, 0.1) is 11.3 Å². The Bertz CT molecular complexity index is 307. The molecule has 0 aromatic carbocycles. The van der Waals surface area contributed by atoms with E-state index in [1.165, 1.54) is 0 Å². The van der Waals surface area contributed by atoms with Crippen LogP contribution in [-0.2, 0) is 14.3 Å². The van der Waals surface area contributed by atoms with Crippen LogP contribution in [0.5, 0.6) is 0 Å². The Morgan fingerprint density at radius 1 is 1.26 bits per heavy atom. The van der Waals surface area contributed by atoms with Crippen molar-refractivity contribution < 1.29 is 24.5 Å². The van der Waals surface area contributed by atoms with Gasteiger partial charge in [0.2, 0.25) is 0 Å². The molecule has 1 aliphatic heterocycles. The lowest BCUT2D eigenvalue weighted by Gasteiger charge is -2.41. The van der Waals surface area contributed by atoms with E-state index < -0.39 is 30.0 Å². The maximum Gasteiger partial charge on any atom is 0.163 e. The Balaban J connectivity index is 2.60. The maximum atomic E-state index is 11.8. The molecule has 1 rings (SSSR count). The van der Waals surface area contributed by atoms with Crippen LogP contribution in [0.25, 0.3) is 0 Å². The van der Waals surface area contributed by atoms with Crippen LogP contribution < -0.4 is 0 Å². The first-order chi connectivity index (χ1) is 8.68. The van der Waals surface area contributed by atoms with E-state index in [2.05, 4.69) is 0 Å². The smallest absolute Gasteiger partial charge is 0.163 e. The number of aliphatic hydroxyl groups excluding tert-OH is 2. The summed E-state index contributed by atoms with van der Waals surface area (Å²) in [5, 5.41) is 19.8. The van der Waals surface area contributed by atoms with Gasteiger partial charge in [0.05, 0.1) is 12.2 Å². The Hall–Kier alpha value is -0.490. The average molecular weight is 274 g/mol. The van der Waals surface area contributed by atoms with Crippen molar-refractivity contribution in [1.82, 2.24) is 0 Å². The summed E-state index contributed by atoms with van der Waals surface area (Å²) in [6.45, 7) is 9.06. The van der Waals surface area contributed by atoms with E-state index in [4.69, 9.17) is 9.47 Å². The van der Waals surface area contributed by atoms with Crippen molar-refractivity contribution >= 4 is 5.78 Å². The second-order valence-corrected chi connectivity index (χ2v) is 6.28. The summed E-state index contributed by atoms with van der Waals surface area (Å²) in [4.78, 5) is 11.8. The lowest BCUT2D eigenvalue weighted by Crippen LogP contribution is -2.54. The van der Waals surface area contributed by atoms with Crippen molar-refractivity contribution in [1.29, 1.82) is 0 Å². The summed E-state index contributed by atoms with van der Waals surface area (Å²) < 4.78 is 11.1. The van der Waals surface area contributed by atoms with Gasteiger partial charge in [-0.25, -0.2) is 0 Å². The lowest BCUT2D eigenvalue weighted by atomic mass is 9.90. The number of aliphatic hydroxyl groups is 2. The number of Topliss-reactive ketones (excluding diaryl/α,β-unsaturated/α-hetero) is 1. The number of hydrogen-bond acceptors (Lipinski definition) is 5. The molecule has 5 nitrogen and oxygen atoms in total. The van der Waals surface area contributed by atoms with Gasteiger partial charge in [-0.05, 0) is 6.42 Å².